The molecule has 1 aliphatic rings. The second-order valence-electron chi connectivity index (χ2n) is 7.50. The van der Waals surface area contributed by atoms with Crippen molar-refractivity contribution in [3.8, 4) is 0 Å². The van der Waals surface area contributed by atoms with Crippen LogP contribution in [0.1, 0.15) is 72.6 Å². The Morgan fingerprint density at radius 3 is 2.59 bits per heavy atom. The van der Waals surface area contributed by atoms with Gasteiger partial charge in [-0.1, -0.05) is 62.8 Å². The first-order valence-corrected chi connectivity index (χ1v) is 10.9. The van der Waals surface area contributed by atoms with Crippen LogP contribution in [0.4, 0.5) is 5.00 Å². The monoisotopic (exact) mass is 382 g/mol. The van der Waals surface area contributed by atoms with E-state index in [1.54, 1.807) is 11.3 Å². The number of nitrogens with one attached hydrogen (secondary N) is 1. The molecule has 0 unspecified atom stereocenters. The maximum absolute atomic E-state index is 12.1. The molecular formula is C23H30N2OS. The van der Waals surface area contributed by atoms with Crippen LogP contribution in [0.2, 0.25) is 0 Å². The van der Waals surface area contributed by atoms with E-state index < -0.39 is 0 Å². The molecule has 1 aliphatic heterocycles. The average molecular weight is 383 g/mol. The molecule has 2 aromatic rings. The van der Waals surface area contributed by atoms with Gasteiger partial charge in [0.15, 0.2) is 0 Å². The van der Waals surface area contributed by atoms with Crippen molar-refractivity contribution in [2.24, 2.45) is 4.99 Å². The van der Waals surface area contributed by atoms with Gasteiger partial charge < -0.3 is 5.32 Å². The smallest absolute Gasteiger partial charge is 0.246 e. The Hall–Kier alpha value is -1.94. The predicted molar refractivity (Wildman–Crippen MR) is 116 cm³/mol. The Kier molecular flexibility index (Phi) is 6.84. The van der Waals surface area contributed by atoms with E-state index in [9.17, 15) is 4.79 Å². The minimum Gasteiger partial charge on any atom is -0.316 e. The van der Waals surface area contributed by atoms with E-state index in [0.29, 0.717) is 0 Å². The molecule has 1 aromatic carbocycles. The van der Waals surface area contributed by atoms with Crippen molar-refractivity contribution in [1.29, 1.82) is 0 Å². The zero-order chi connectivity index (χ0) is 19.2. The number of carbonyl (C=O) groups is 1. The molecule has 0 aliphatic carbocycles. The predicted octanol–water partition coefficient (Wildman–Crippen LogP) is 6.06. The van der Waals surface area contributed by atoms with Crippen LogP contribution in [-0.4, -0.2) is 18.2 Å². The SMILES string of the molecule is CCCCCCCCc1cc2c(s1)NC(=O)CN=C2c1ccc(C)cc1C. The molecule has 3 nitrogen and oxygen atoms in total. The molecule has 1 aromatic heterocycles. The first-order valence-electron chi connectivity index (χ1n) is 10.1. The van der Waals surface area contributed by atoms with Gasteiger partial charge in [-0.05, 0) is 38.3 Å². The van der Waals surface area contributed by atoms with Crippen LogP contribution < -0.4 is 5.32 Å². The van der Waals surface area contributed by atoms with Crippen LogP contribution in [0.25, 0.3) is 0 Å². The number of thiophene rings is 1. The van der Waals surface area contributed by atoms with Gasteiger partial charge in [-0.3, -0.25) is 9.79 Å². The van der Waals surface area contributed by atoms with Crippen LogP contribution >= 0.6 is 11.3 Å². The fourth-order valence-electron chi connectivity index (χ4n) is 3.63. The van der Waals surface area contributed by atoms with E-state index >= 15 is 0 Å². The van der Waals surface area contributed by atoms with Crippen LogP contribution in [0, 0.1) is 13.8 Å². The summed E-state index contributed by atoms with van der Waals surface area (Å²) in [4.78, 5) is 18.1. The number of unbranched alkanes of at least 4 members (excludes halogenated alkanes) is 5. The highest BCUT2D eigenvalue weighted by atomic mass is 32.1. The number of benzene rings is 1. The molecular weight excluding hydrogens is 352 g/mol. The molecule has 0 atom stereocenters. The van der Waals surface area contributed by atoms with E-state index in [1.807, 2.05) is 0 Å². The molecule has 144 valence electrons. The molecule has 0 saturated heterocycles. The molecule has 4 heteroatoms. The van der Waals surface area contributed by atoms with Crippen molar-refractivity contribution < 1.29 is 4.79 Å². The Bertz CT molecular complexity index is 835. The molecule has 27 heavy (non-hydrogen) atoms. The lowest BCUT2D eigenvalue weighted by atomic mass is 9.97. The second-order valence-corrected chi connectivity index (χ2v) is 8.64. The van der Waals surface area contributed by atoms with E-state index in [1.165, 1.54) is 54.5 Å². The number of carbonyl (C=O) groups excluding carboxylic acids is 1. The standard InChI is InChI=1S/C23H30N2OS/c1-4-5-6-7-8-9-10-18-14-20-22(19-12-11-16(2)13-17(19)3)24-15-21(26)25-23(20)27-18/h11-14H,4-10,15H2,1-3H3,(H,25,26). The third-order valence-corrected chi connectivity index (χ3v) is 6.20. The minimum absolute atomic E-state index is 0.0241. The lowest BCUT2D eigenvalue weighted by Crippen LogP contribution is -2.12. The van der Waals surface area contributed by atoms with E-state index in [0.717, 1.165) is 28.3 Å². The number of fused-ring (bicyclic) bond motifs is 1. The molecule has 0 spiro atoms. The highest BCUT2D eigenvalue weighted by molar-refractivity contribution is 7.16. The van der Waals surface area contributed by atoms with Crippen molar-refractivity contribution in [3.05, 3.63) is 51.4 Å². The van der Waals surface area contributed by atoms with E-state index in [-0.39, 0.29) is 12.5 Å². The van der Waals surface area contributed by atoms with Gasteiger partial charge in [0.05, 0.1) is 5.71 Å². The Labute approximate surface area is 166 Å². The Morgan fingerprint density at radius 1 is 1.04 bits per heavy atom. The van der Waals surface area contributed by atoms with Crippen LogP contribution in [0.5, 0.6) is 0 Å². The number of amides is 1. The van der Waals surface area contributed by atoms with Gasteiger partial charge in [0.1, 0.15) is 11.5 Å². The topological polar surface area (TPSA) is 41.5 Å². The zero-order valence-corrected chi connectivity index (χ0v) is 17.5. The van der Waals surface area contributed by atoms with Gasteiger partial charge >= 0.3 is 0 Å². The van der Waals surface area contributed by atoms with E-state index in [2.05, 4.69) is 55.3 Å². The summed E-state index contributed by atoms with van der Waals surface area (Å²) >= 11 is 1.72. The quantitative estimate of drug-likeness (QED) is 0.554. The van der Waals surface area contributed by atoms with Gasteiger partial charge in [-0.2, -0.15) is 0 Å². The second kappa shape index (κ2) is 9.32. The Balaban J connectivity index is 1.79. The normalized spacial score (nSPS) is 13.7. The number of rotatable bonds is 8. The van der Waals surface area contributed by atoms with Gasteiger partial charge in [-0.25, -0.2) is 0 Å². The summed E-state index contributed by atoms with van der Waals surface area (Å²) in [5.41, 5.74) is 5.61. The summed E-state index contributed by atoms with van der Waals surface area (Å²) in [5.74, 6) is -0.0241. The maximum atomic E-state index is 12.1. The summed E-state index contributed by atoms with van der Waals surface area (Å²) in [6.07, 6.45) is 8.88. The highest BCUT2D eigenvalue weighted by Gasteiger charge is 2.22. The zero-order valence-electron chi connectivity index (χ0n) is 16.7. The molecule has 1 N–H and O–H groups in total. The fourth-order valence-corrected chi connectivity index (χ4v) is 4.74. The summed E-state index contributed by atoms with van der Waals surface area (Å²) in [5, 5.41) is 4.01. The number of hydrogen-bond acceptors (Lipinski definition) is 3. The molecule has 1 amide bonds. The van der Waals surface area contributed by atoms with Crippen LogP contribution in [0.3, 0.4) is 0 Å². The molecule has 3 rings (SSSR count). The summed E-state index contributed by atoms with van der Waals surface area (Å²) in [6.45, 7) is 6.67. The van der Waals surface area contributed by atoms with Crippen molar-refractivity contribution in [1.82, 2.24) is 0 Å². The third-order valence-electron chi connectivity index (χ3n) is 5.09. The average Bonchev–Trinajstić information content (AvgIpc) is 2.95. The molecule has 0 bridgehead atoms. The number of aliphatic imine (C=N–C) groups is 1. The first-order chi connectivity index (χ1) is 13.1. The third kappa shape index (κ3) is 5.07. The maximum Gasteiger partial charge on any atom is 0.246 e. The lowest BCUT2D eigenvalue weighted by Gasteiger charge is -2.09. The van der Waals surface area contributed by atoms with Crippen LogP contribution in [0.15, 0.2) is 29.3 Å². The lowest BCUT2D eigenvalue weighted by molar-refractivity contribution is -0.114. The molecule has 2 heterocycles. The van der Waals surface area contributed by atoms with Crippen molar-refractivity contribution >= 4 is 28.0 Å². The largest absolute Gasteiger partial charge is 0.316 e. The summed E-state index contributed by atoms with van der Waals surface area (Å²) in [6, 6.07) is 8.68. The van der Waals surface area contributed by atoms with Gasteiger partial charge in [0.2, 0.25) is 5.91 Å². The Morgan fingerprint density at radius 2 is 1.81 bits per heavy atom. The van der Waals surface area contributed by atoms with Gasteiger partial charge in [0.25, 0.3) is 0 Å². The van der Waals surface area contributed by atoms with Crippen molar-refractivity contribution in [2.45, 2.75) is 65.7 Å². The molecule has 0 fully saturated rings. The number of aryl methyl sites for hydroxylation is 3. The summed E-state index contributed by atoms with van der Waals surface area (Å²) in [7, 11) is 0. The number of anilines is 1. The first kappa shape index (κ1) is 19.8. The van der Waals surface area contributed by atoms with Crippen molar-refractivity contribution in [2.75, 3.05) is 11.9 Å². The van der Waals surface area contributed by atoms with E-state index in [4.69, 9.17) is 0 Å². The van der Waals surface area contributed by atoms with Gasteiger partial charge in [0, 0.05) is 16.0 Å². The summed E-state index contributed by atoms with van der Waals surface area (Å²) < 4.78 is 0. The van der Waals surface area contributed by atoms with Crippen molar-refractivity contribution in [3.63, 3.8) is 0 Å². The highest BCUT2D eigenvalue weighted by Crippen LogP contribution is 2.33. The van der Waals surface area contributed by atoms with Gasteiger partial charge in [-0.15, -0.1) is 11.3 Å². The fraction of sp³-hybridized carbons (Fsp3) is 0.478. The molecule has 0 radical (unpaired) electrons. The molecule has 0 saturated carbocycles. The minimum atomic E-state index is -0.0241. The number of nitrogens with zero attached hydrogens (tertiary/aromatic N) is 1. The number of hydrogen-bond donors (Lipinski definition) is 1. The van der Waals surface area contributed by atoms with Crippen LogP contribution in [-0.2, 0) is 11.2 Å².